The maximum Gasteiger partial charge on any atom is 0.119 e. The molecule has 0 saturated heterocycles. The summed E-state index contributed by atoms with van der Waals surface area (Å²) in [7, 11) is 1.71. The van der Waals surface area contributed by atoms with Gasteiger partial charge in [0, 0.05) is 13.1 Å². The van der Waals surface area contributed by atoms with Crippen molar-refractivity contribution in [3.8, 4) is 11.5 Å². The quantitative estimate of drug-likeness (QED) is 0.706. The number of ether oxygens (including phenoxy) is 1. The highest BCUT2D eigenvalue weighted by Gasteiger charge is 2.06. The fraction of sp³-hybridized carbons (Fsp3) is 0.429. The molecule has 0 radical (unpaired) electrons. The van der Waals surface area contributed by atoms with E-state index in [9.17, 15) is 5.11 Å². The minimum Gasteiger partial charge on any atom is -0.508 e. The first-order valence-corrected chi connectivity index (χ1v) is 8.84. The summed E-state index contributed by atoms with van der Waals surface area (Å²) in [6.45, 7) is 5.48. The van der Waals surface area contributed by atoms with Crippen molar-refractivity contribution >= 4 is 0 Å². The molecule has 0 saturated carbocycles. The molecule has 0 fully saturated rings. The van der Waals surface area contributed by atoms with Gasteiger partial charge < -0.3 is 14.7 Å². The van der Waals surface area contributed by atoms with Gasteiger partial charge in [-0.15, -0.1) is 0 Å². The number of benzene rings is 2. The average Bonchev–Trinajstić information content (AvgIpc) is 2.62. The molecule has 130 valence electrons. The van der Waals surface area contributed by atoms with Gasteiger partial charge in [-0.2, -0.15) is 0 Å². The summed E-state index contributed by atoms with van der Waals surface area (Å²) in [5.41, 5.74) is 2.59. The third-order valence-corrected chi connectivity index (χ3v) is 4.33. The highest BCUT2D eigenvalue weighted by molar-refractivity contribution is 5.28. The van der Waals surface area contributed by atoms with E-state index in [2.05, 4.69) is 30.0 Å². The molecular formula is C21H29NO2. The van der Waals surface area contributed by atoms with Crippen molar-refractivity contribution in [2.75, 3.05) is 26.7 Å². The van der Waals surface area contributed by atoms with E-state index in [1.165, 1.54) is 24.0 Å². The molecule has 0 amide bonds. The molecular weight excluding hydrogens is 298 g/mol. The molecule has 2 rings (SSSR count). The Morgan fingerprint density at radius 1 is 0.917 bits per heavy atom. The van der Waals surface area contributed by atoms with Crippen LogP contribution < -0.4 is 4.74 Å². The lowest BCUT2D eigenvalue weighted by Gasteiger charge is -2.22. The summed E-state index contributed by atoms with van der Waals surface area (Å²) < 4.78 is 5.31. The SMILES string of the molecule is CCCCN(CCc1ccc(O)cc1)CCc1cccc(OC)c1. The number of nitrogens with zero attached hydrogens (tertiary/aromatic N) is 1. The van der Waals surface area contributed by atoms with Crippen LogP contribution in [0.4, 0.5) is 0 Å². The Morgan fingerprint density at radius 2 is 1.62 bits per heavy atom. The third-order valence-electron chi connectivity index (χ3n) is 4.33. The van der Waals surface area contributed by atoms with Crippen molar-refractivity contribution in [2.24, 2.45) is 0 Å². The number of aromatic hydroxyl groups is 1. The predicted molar refractivity (Wildman–Crippen MR) is 99.9 cm³/mol. The van der Waals surface area contributed by atoms with Crippen LogP contribution in [0.5, 0.6) is 11.5 Å². The number of hydrogen-bond acceptors (Lipinski definition) is 3. The molecule has 0 aliphatic carbocycles. The summed E-state index contributed by atoms with van der Waals surface area (Å²) in [5, 5.41) is 9.38. The predicted octanol–water partition coefficient (Wildman–Crippen LogP) is 4.29. The van der Waals surface area contributed by atoms with E-state index in [0.29, 0.717) is 5.75 Å². The van der Waals surface area contributed by atoms with Gasteiger partial charge in [0.05, 0.1) is 7.11 Å². The Kier molecular flexibility index (Phi) is 7.63. The smallest absolute Gasteiger partial charge is 0.119 e. The lowest BCUT2D eigenvalue weighted by Crippen LogP contribution is -2.29. The summed E-state index contributed by atoms with van der Waals surface area (Å²) in [6, 6.07) is 15.9. The molecule has 0 aliphatic heterocycles. The van der Waals surface area contributed by atoms with Crippen LogP contribution in [0.15, 0.2) is 48.5 Å². The lowest BCUT2D eigenvalue weighted by atomic mass is 10.1. The van der Waals surface area contributed by atoms with E-state index >= 15 is 0 Å². The van der Waals surface area contributed by atoms with E-state index in [4.69, 9.17) is 4.74 Å². The fourth-order valence-electron chi connectivity index (χ4n) is 2.78. The molecule has 0 aliphatic rings. The number of rotatable bonds is 10. The van der Waals surface area contributed by atoms with E-state index in [0.717, 1.165) is 38.2 Å². The van der Waals surface area contributed by atoms with Gasteiger partial charge in [0.25, 0.3) is 0 Å². The van der Waals surface area contributed by atoms with Gasteiger partial charge in [0.1, 0.15) is 11.5 Å². The average molecular weight is 327 g/mol. The van der Waals surface area contributed by atoms with Crippen LogP contribution >= 0.6 is 0 Å². The zero-order chi connectivity index (χ0) is 17.2. The minimum absolute atomic E-state index is 0.333. The van der Waals surface area contributed by atoms with E-state index in [-0.39, 0.29) is 0 Å². The molecule has 0 aromatic heterocycles. The van der Waals surface area contributed by atoms with Crippen molar-refractivity contribution < 1.29 is 9.84 Å². The van der Waals surface area contributed by atoms with Crippen molar-refractivity contribution in [3.63, 3.8) is 0 Å². The summed E-state index contributed by atoms with van der Waals surface area (Å²) in [5.74, 6) is 1.26. The van der Waals surface area contributed by atoms with Gasteiger partial charge in [-0.3, -0.25) is 0 Å². The Balaban J connectivity index is 1.88. The molecule has 24 heavy (non-hydrogen) atoms. The van der Waals surface area contributed by atoms with Crippen molar-refractivity contribution in [1.29, 1.82) is 0 Å². The number of methoxy groups -OCH3 is 1. The molecule has 0 spiro atoms. The summed E-state index contributed by atoms with van der Waals surface area (Å²) >= 11 is 0. The van der Waals surface area contributed by atoms with Gasteiger partial charge >= 0.3 is 0 Å². The van der Waals surface area contributed by atoms with Gasteiger partial charge in [0.2, 0.25) is 0 Å². The van der Waals surface area contributed by atoms with Crippen LogP contribution in [0.25, 0.3) is 0 Å². The van der Waals surface area contributed by atoms with Crippen molar-refractivity contribution in [2.45, 2.75) is 32.6 Å². The Morgan fingerprint density at radius 3 is 2.29 bits per heavy atom. The second-order valence-electron chi connectivity index (χ2n) is 6.21. The minimum atomic E-state index is 0.333. The fourth-order valence-corrected chi connectivity index (χ4v) is 2.78. The number of unbranched alkanes of at least 4 members (excludes halogenated alkanes) is 1. The van der Waals surface area contributed by atoms with Crippen LogP contribution in [0.2, 0.25) is 0 Å². The zero-order valence-electron chi connectivity index (χ0n) is 14.9. The summed E-state index contributed by atoms with van der Waals surface area (Å²) in [4.78, 5) is 2.54. The van der Waals surface area contributed by atoms with Crippen LogP contribution in [0.3, 0.4) is 0 Å². The number of phenolic OH excluding ortho intramolecular Hbond substituents is 1. The molecule has 0 heterocycles. The van der Waals surface area contributed by atoms with Crippen molar-refractivity contribution in [3.05, 3.63) is 59.7 Å². The largest absolute Gasteiger partial charge is 0.508 e. The van der Waals surface area contributed by atoms with Gasteiger partial charge in [-0.05, 0) is 61.2 Å². The maximum absolute atomic E-state index is 9.38. The molecule has 0 bridgehead atoms. The monoisotopic (exact) mass is 327 g/mol. The Hall–Kier alpha value is -2.00. The number of phenols is 1. The molecule has 0 atom stereocenters. The standard InChI is InChI=1S/C21H29NO2/c1-3-4-14-22(15-12-18-8-10-20(23)11-9-18)16-13-19-6-5-7-21(17-19)24-2/h5-11,17,23H,3-4,12-16H2,1-2H3. The van der Waals surface area contributed by atoms with Crippen LogP contribution in [-0.2, 0) is 12.8 Å². The van der Waals surface area contributed by atoms with E-state index < -0.39 is 0 Å². The summed E-state index contributed by atoms with van der Waals surface area (Å²) in [6.07, 6.45) is 4.50. The maximum atomic E-state index is 9.38. The highest BCUT2D eigenvalue weighted by Crippen LogP contribution is 2.14. The van der Waals surface area contributed by atoms with Gasteiger partial charge in [0.15, 0.2) is 0 Å². The van der Waals surface area contributed by atoms with Crippen LogP contribution in [-0.4, -0.2) is 36.8 Å². The second-order valence-corrected chi connectivity index (χ2v) is 6.21. The molecule has 0 unspecified atom stereocenters. The lowest BCUT2D eigenvalue weighted by molar-refractivity contribution is 0.276. The van der Waals surface area contributed by atoms with Gasteiger partial charge in [-0.25, -0.2) is 0 Å². The Labute approximate surface area is 145 Å². The highest BCUT2D eigenvalue weighted by atomic mass is 16.5. The molecule has 1 N–H and O–H groups in total. The van der Waals surface area contributed by atoms with Crippen LogP contribution in [0.1, 0.15) is 30.9 Å². The van der Waals surface area contributed by atoms with Crippen LogP contribution in [0, 0.1) is 0 Å². The molecule has 2 aromatic carbocycles. The molecule has 3 heteroatoms. The van der Waals surface area contributed by atoms with E-state index in [1.54, 1.807) is 19.2 Å². The molecule has 2 aromatic rings. The first kappa shape index (κ1) is 18.3. The first-order chi connectivity index (χ1) is 11.7. The third kappa shape index (κ3) is 6.25. The second kappa shape index (κ2) is 9.99. The van der Waals surface area contributed by atoms with Gasteiger partial charge in [-0.1, -0.05) is 37.6 Å². The number of hydrogen-bond donors (Lipinski definition) is 1. The first-order valence-electron chi connectivity index (χ1n) is 8.84. The topological polar surface area (TPSA) is 32.7 Å². The van der Waals surface area contributed by atoms with E-state index in [1.807, 2.05) is 18.2 Å². The molecule has 3 nitrogen and oxygen atoms in total. The Bertz CT molecular complexity index is 595. The zero-order valence-corrected chi connectivity index (χ0v) is 14.9. The van der Waals surface area contributed by atoms with Crippen molar-refractivity contribution in [1.82, 2.24) is 4.90 Å². The normalized spacial score (nSPS) is 11.0.